The van der Waals surface area contributed by atoms with E-state index in [-0.39, 0.29) is 42.8 Å². The number of ether oxygens (including phenoxy) is 1. The number of rotatable bonds is 7. The molecule has 2 heterocycles. The third-order valence-corrected chi connectivity index (χ3v) is 5.17. The minimum absolute atomic E-state index is 0. The molecule has 0 bridgehead atoms. The van der Waals surface area contributed by atoms with Crippen molar-refractivity contribution < 1.29 is 14.3 Å². The van der Waals surface area contributed by atoms with Crippen LogP contribution in [0.4, 0.5) is 0 Å². The van der Waals surface area contributed by atoms with Gasteiger partial charge in [0, 0.05) is 6.42 Å². The molecule has 8 nitrogen and oxygen atoms in total. The van der Waals surface area contributed by atoms with E-state index in [1.54, 1.807) is 0 Å². The van der Waals surface area contributed by atoms with Crippen molar-refractivity contribution >= 4 is 24.3 Å². The van der Waals surface area contributed by atoms with Crippen LogP contribution >= 0.6 is 12.4 Å². The van der Waals surface area contributed by atoms with E-state index in [2.05, 4.69) is 20.9 Å². The molecule has 158 valence electrons. The third-order valence-electron chi connectivity index (χ3n) is 5.17. The van der Waals surface area contributed by atoms with E-state index in [1.807, 2.05) is 41.9 Å². The molecule has 1 unspecified atom stereocenters. The molecule has 3 rings (SSSR count). The van der Waals surface area contributed by atoms with Gasteiger partial charge in [0.2, 0.25) is 0 Å². The van der Waals surface area contributed by atoms with E-state index in [1.165, 1.54) is 7.11 Å². The lowest BCUT2D eigenvalue weighted by Crippen LogP contribution is -2.31. The Balaban J connectivity index is 0.00000300. The van der Waals surface area contributed by atoms with Crippen LogP contribution < -0.4 is 10.6 Å². The standard InChI is InChI=1S/C20H27N5O3.ClH/c1-14-19(23-24-25(14)16-10-12-21-13-11-16)20(27)22-17(8-9-18(26)28-2)15-6-4-3-5-7-15;/h3-7,16-17,21H,8-13H2,1-2H3,(H,22,27);1H. The summed E-state index contributed by atoms with van der Waals surface area (Å²) in [6.45, 7) is 3.76. The van der Waals surface area contributed by atoms with Gasteiger partial charge in [-0.2, -0.15) is 0 Å². The maximum Gasteiger partial charge on any atom is 0.305 e. The number of esters is 1. The average Bonchev–Trinajstić information content (AvgIpc) is 3.13. The average molecular weight is 422 g/mol. The molecule has 1 aliphatic heterocycles. The van der Waals surface area contributed by atoms with Crippen LogP contribution in [0.5, 0.6) is 0 Å². The van der Waals surface area contributed by atoms with Gasteiger partial charge in [0.15, 0.2) is 5.69 Å². The van der Waals surface area contributed by atoms with Gasteiger partial charge in [-0.3, -0.25) is 9.59 Å². The van der Waals surface area contributed by atoms with Crippen LogP contribution in [-0.2, 0) is 9.53 Å². The van der Waals surface area contributed by atoms with Crippen LogP contribution in [0, 0.1) is 6.92 Å². The smallest absolute Gasteiger partial charge is 0.305 e. The van der Waals surface area contributed by atoms with Crippen molar-refractivity contribution in [2.24, 2.45) is 0 Å². The summed E-state index contributed by atoms with van der Waals surface area (Å²) in [5.41, 5.74) is 2.03. The van der Waals surface area contributed by atoms with Crippen molar-refractivity contribution in [3.8, 4) is 0 Å². The Labute approximate surface area is 176 Å². The third kappa shape index (κ3) is 5.77. The molecule has 1 saturated heterocycles. The lowest BCUT2D eigenvalue weighted by molar-refractivity contribution is -0.140. The molecule has 1 aliphatic rings. The number of halogens is 1. The number of benzene rings is 1. The van der Waals surface area contributed by atoms with E-state index in [0.717, 1.165) is 37.2 Å². The molecule has 1 atom stereocenters. The number of piperidine rings is 1. The number of carbonyl (C=O) groups excluding carboxylic acids is 2. The first-order chi connectivity index (χ1) is 13.6. The predicted molar refractivity (Wildman–Crippen MR) is 111 cm³/mol. The molecule has 0 spiro atoms. The summed E-state index contributed by atoms with van der Waals surface area (Å²) in [7, 11) is 1.36. The zero-order chi connectivity index (χ0) is 19.9. The highest BCUT2D eigenvalue weighted by Gasteiger charge is 2.25. The van der Waals surface area contributed by atoms with Crippen molar-refractivity contribution in [1.29, 1.82) is 0 Å². The molecule has 0 saturated carbocycles. The van der Waals surface area contributed by atoms with Crippen LogP contribution in [0.3, 0.4) is 0 Å². The van der Waals surface area contributed by atoms with Crippen LogP contribution in [0.1, 0.15) is 59.5 Å². The summed E-state index contributed by atoms with van der Waals surface area (Å²) < 4.78 is 6.60. The fraction of sp³-hybridized carbons (Fsp3) is 0.500. The van der Waals surface area contributed by atoms with Crippen LogP contribution in [0.15, 0.2) is 30.3 Å². The number of methoxy groups -OCH3 is 1. The first-order valence-electron chi connectivity index (χ1n) is 9.65. The second-order valence-corrected chi connectivity index (χ2v) is 7.00. The maximum atomic E-state index is 12.9. The number of nitrogens with one attached hydrogen (secondary N) is 2. The Morgan fingerprint density at radius 2 is 1.97 bits per heavy atom. The molecule has 29 heavy (non-hydrogen) atoms. The predicted octanol–water partition coefficient (Wildman–Crippen LogP) is 2.36. The van der Waals surface area contributed by atoms with Gasteiger partial charge in [0.05, 0.1) is 24.9 Å². The topological polar surface area (TPSA) is 98.1 Å². The summed E-state index contributed by atoms with van der Waals surface area (Å²) in [6.07, 6.45) is 2.61. The van der Waals surface area contributed by atoms with E-state index < -0.39 is 0 Å². The normalized spacial score (nSPS) is 15.2. The largest absolute Gasteiger partial charge is 0.469 e. The van der Waals surface area contributed by atoms with Crippen molar-refractivity contribution in [2.45, 2.75) is 44.7 Å². The first kappa shape index (κ1) is 22.8. The van der Waals surface area contributed by atoms with Crippen LogP contribution in [0.2, 0.25) is 0 Å². The van der Waals surface area contributed by atoms with Gasteiger partial charge in [0.25, 0.3) is 5.91 Å². The van der Waals surface area contributed by atoms with Gasteiger partial charge < -0.3 is 15.4 Å². The van der Waals surface area contributed by atoms with Gasteiger partial charge in [-0.15, -0.1) is 17.5 Å². The molecular formula is C20H28ClN5O3. The molecule has 1 aromatic carbocycles. The van der Waals surface area contributed by atoms with E-state index >= 15 is 0 Å². The number of amides is 1. The highest BCUT2D eigenvalue weighted by atomic mass is 35.5. The van der Waals surface area contributed by atoms with Crippen molar-refractivity contribution in [3.63, 3.8) is 0 Å². The summed E-state index contributed by atoms with van der Waals surface area (Å²) in [5, 5.41) is 14.7. The van der Waals surface area contributed by atoms with Gasteiger partial charge in [-0.05, 0) is 44.8 Å². The van der Waals surface area contributed by atoms with Gasteiger partial charge in [-0.25, -0.2) is 4.68 Å². The van der Waals surface area contributed by atoms with E-state index in [0.29, 0.717) is 12.1 Å². The molecule has 0 aliphatic carbocycles. The summed E-state index contributed by atoms with van der Waals surface area (Å²) in [4.78, 5) is 24.5. The van der Waals surface area contributed by atoms with Crippen LogP contribution in [0.25, 0.3) is 0 Å². The Hall–Kier alpha value is -2.45. The van der Waals surface area contributed by atoms with E-state index in [9.17, 15) is 9.59 Å². The van der Waals surface area contributed by atoms with Crippen molar-refractivity contribution in [2.75, 3.05) is 20.2 Å². The fourth-order valence-corrected chi connectivity index (χ4v) is 3.55. The lowest BCUT2D eigenvalue weighted by atomic mass is 10.0. The Morgan fingerprint density at radius 3 is 2.62 bits per heavy atom. The highest BCUT2D eigenvalue weighted by Crippen LogP contribution is 2.22. The quantitative estimate of drug-likeness (QED) is 0.666. The Bertz CT molecular complexity index is 806. The molecule has 1 fully saturated rings. The summed E-state index contributed by atoms with van der Waals surface area (Å²) >= 11 is 0. The SMILES string of the molecule is COC(=O)CCC(NC(=O)c1nnn(C2CCNCC2)c1C)c1ccccc1.Cl. The molecule has 1 aromatic heterocycles. The number of aromatic nitrogens is 3. The number of hydrogen-bond acceptors (Lipinski definition) is 6. The Morgan fingerprint density at radius 1 is 1.28 bits per heavy atom. The van der Waals surface area contributed by atoms with Crippen molar-refractivity contribution in [3.05, 3.63) is 47.3 Å². The molecule has 1 amide bonds. The molecule has 0 radical (unpaired) electrons. The van der Waals surface area contributed by atoms with Crippen LogP contribution in [-0.4, -0.2) is 47.1 Å². The van der Waals surface area contributed by atoms with Crippen molar-refractivity contribution in [1.82, 2.24) is 25.6 Å². The lowest BCUT2D eigenvalue weighted by Gasteiger charge is -2.23. The maximum absolute atomic E-state index is 12.9. The molecular weight excluding hydrogens is 394 g/mol. The Kier molecular flexibility index (Phi) is 8.60. The minimum Gasteiger partial charge on any atom is -0.469 e. The van der Waals surface area contributed by atoms with Gasteiger partial charge in [0.1, 0.15) is 0 Å². The molecule has 2 N–H and O–H groups in total. The summed E-state index contributed by atoms with van der Waals surface area (Å²) in [5.74, 6) is -0.584. The minimum atomic E-state index is -0.309. The monoisotopic (exact) mass is 421 g/mol. The first-order valence-corrected chi connectivity index (χ1v) is 9.65. The van der Waals surface area contributed by atoms with E-state index in [4.69, 9.17) is 4.74 Å². The highest BCUT2D eigenvalue weighted by molar-refractivity contribution is 5.93. The number of nitrogens with zero attached hydrogens (tertiary/aromatic N) is 3. The zero-order valence-corrected chi connectivity index (χ0v) is 17.6. The second-order valence-electron chi connectivity index (χ2n) is 7.00. The second kappa shape index (κ2) is 10.9. The molecule has 2 aromatic rings. The van der Waals surface area contributed by atoms with Gasteiger partial charge in [-0.1, -0.05) is 35.5 Å². The summed E-state index contributed by atoms with van der Waals surface area (Å²) in [6, 6.07) is 9.55. The van der Waals surface area contributed by atoms with Gasteiger partial charge >= 0.3 is 5.97 Å². The number of hydrogen-bond donors (Lipinski definition) is 2. The zero-order valence-electron chi connectivity index (χ0n) is 16.8. The number of carbonyl (C=O) groups is 2. The fourth-order valence-electron chi connectivity index (χ4n) is 3.55. The molecule has 9 heteroatoms.